The maximum absolute atomic E-state index is 11.5. The molecule has 6 nitrogen and oxygen atoms in total. The molecule has 6 heteroatoms. The number of rotatable bonds is 3. The summed E-state index contributed by atoms with van der Waals surface area (Å²) in [5.41, 5.74) is 0. The van der Waals surface area contributed by atoms with E-state index in [0.29, 0.717) is 0 Å². The second kappa shape index (κ2) is 4.39. The molecule has 0 bridgehead atoms. The van der Waals surface area contributed by atoms with Gasteiger partial charge in [0.25, 0.3) is 0 Å². The van der Waals surface area contributed by atoms with Gasteiger partial charge in [-0.1, -0.05) is 0 Å². The molecule has 0 aromatic rings. The molecule has 1 heterocycles. The number of nitrogens with zero attached hydrogens (tertiary/aromatic N) is 2. The summed E-state index contributed by atoms with van der Waals surface area (Å²) in [5.74, 6) is -1.70. The van der Waals surface area contributed by atoms with Crippen LogP contribution >= 0.6 is 0 Å². The van der Waals surface area contributed by atoms with Gasteiger partial charge in [-0.3, -0.25) is 24.2 Å². The van der Waals surface area contributed by atoms with Crippen molar-refractivity contribution in [1.82, 2.24) is 9.80 Å². The molecule has 1 rings (SSSR count). The van der Waals surface area contributed by atoms with Crippen LogP contribution in [0.15, 0.2) is 0 Å². The Morgan fingerprint density at radius 1 is 1.33 bits per heavy atom. The normalized spacial score (nSPS) is 18.7. The third-order valence-corrected chi connectivity index (χ3v) is 2.13. The maximum Gasteiger partial charge on any atom is 0.317 e. The fourth-order valence-corrected chi connectivity index (χ4v) is 1.61. The molecule has 0 atom stereocenters. The van der Waals surface area contributed by atoms with Crippen molar-refractivity contribution < 1.29 is 19.5 Å². The van der Waals surface area contributed by atoms with Crippen LogP contribution in [0.25, 0.3) is 0 Å². The van der Waals surface area contributed by atoms with E-state index in [-0.39, 0.29) is 37.5 Å². The predicted molar refractivity (Wildman–Crippen MR) is 51.1 cm³/mol. The molecule has 1 fully saturated rings. The van der Waals surface area contributed by atoms with Gasteiger partial charge in [0, 0.05) is 6.04 Å². The Morgan fingerprint density at radius 2 is 1.80 bits per heavy atom. The zero-order chi connectivity index (χ0) is 11.6. The lowest BCUT2D eigenvalue weighted by atomic mass is 10.2. The minimum absolute atomic E-state index is 0.00375. The first-order valence-corrected chi connectivity index (χ1v) is 4.71. The van der Waals surface area contributed by atoms with Crippen LogP contribution in [0.2, 0.25) is 0 Å². The molecule has 0 saturated carbocycles. The van der Waals surface area contributed by atoms with E-state index in [9.17, 15) is 14.4 Å². The van der Waals surface area contributed by atoms with E-state index >= 15 is 0 Å². The van der Waals surface area contributed by atoms with E-state index in [1.165, 1.54) is 9.80 Å². The van der Waals surface area contributed by atoms with E-state index in [4.69, 9.17) is 5.11 Å². The van der Waals surface area contributed by atoms with E-state index < -0.39 is 5.97 Å². The summed E-state index contributed by atoms with van der Waals surface area (Å²) in [6, 6.07) is -0.169. The number of carboxylic acids is 1. The molecular weight excluding hydrogens is 200 g/mol. The van der Waals surface area contributed by atoms with Crippen LogP contribution in [-0.2, 0) is 14.4 Å². The third kappa shape index (κ3) is 2.76. The fraction of sp³-hybridized carbons (Fsp3) is 0.667. The average Bonchev–Trinajstić information content (AvgIpc) is 1.99. The summed E-state index contributed by atoms with van der Waals surface area (Å²) >= 11 is 0. The molecule has 0 aromatic carbocycles. The lowest BCUT2D eigenvalue weighted by molar-refractivity contribution is -0.154. The van der Waals surface area contributed by atoms with Crippen molar-refractivity contribution in [3.8, 4) is 0 Å². The van der Waals surface area contributed by atoms with Gasteiger partial charge in [-0.05, 0) is 13.8 Å². The predicted octanol–water partition coefficient (Wildman–Crippen LogP) is -0.850. The molecule has 1 saturated heterocycles. The molecule has 0 spiro atoms. The van der Waals surface area contributed by atoms with Crippen LogP contribution in [-0.4, -0.2) is 58.4 Å². The second-order valence-corrected chi connectivity index (χ2v) is 3.79. The smallest absolute Gasteiger partial charge is 0.317 e. The Bertz CT molecular complexity index is 282. The van der Waals surface area contributed by atoms with Crippen molar-refractivity contribution in [1.29, 1.82) is 0 Å². The summed E-state index contributed by atoms with van der Waals surface area (Å²) in [6.07, 6.45) is 0. The summed E-state index contributed by atoms with van der Waals surface area (Å²) in [7, 11) is 0. The molecule has 84 valence electrons. The molecule has 1 N–H and O–H groups in total. The van der Waals surface area contributed by atoms with Crippen molar-refractivity contribution in [2.45, 2.75) is 19.9 Å². The van der Waals surface area contributed by atoms with E-state index in [1.807, 2.05) is 0 Å². The monoisotopic (exact) mass is 214 g/mol. The summed E-state index contributed by atoms with van der Waals surface area (Å²) in [4.78, 5) is 35.9. The summed E-state index contributed by atoms with van der Waals surface area (Å²) in [5, 5.41) is 8.54. The number of carboxylic acid groups (broad SMARTS) is 1. The number of hydrogen-bond acceptors (Lipinski definition) is 4. The molecule has 15 heavy (non-hydrogen) atoms. The lowest BCUT2D eigenvalue weighted by Crippen LogP contribution is -2.56. The summed E-state index contributed by atoms with van der Waals surface area (Å²) in [6.45, 7) is 3.22. The van der Waals surface area contributed by atoms with Gasteiger partial charge in [0.2, 0.25) is 11.8 Å². The third-order valence-electron chi connectivity index (χ3n) is 2.13. The Hall–Kier alpha value is -1.43. The highest BCUT2D eigenvalue weighted by Crippen LogP contribution is 2.08. The number of aliphatic carboxylic acids is 1. The first-order valence-electron chi connectivity index (χ1n) is 4.71. The van der Waals surface area contributed by atoms with Crippen molar-refractivity contribution in [2.75, 3.05) is 19.6 Å². The van der Waals surface area contributed by atoms with Gasteiger partial charge in [0.15, 0.2) is 0 Å². The number of hydrogen-bond donors (Lipinski definition) is 1. The number of imide groups is 1. The van der Waals surface area contributed by atoms with Crippen LogP contribution in [0.3, 0.4) is 0 Å². The number of piperazine rings is 1. The summed E-state index contributed by atoms with van der Waals surface area (Å²) < 4.78 is 0. The molecule has 0 aliphatic carbocycles. The van der Waals surface area contributed by atoms with Gasteiger partial charge >= 0.3 is 5.97 Å². The first kappa shape index (κ1) is 11.6. The van der Waals surface area contributed by atoms with Gasteiger partial charge in [-0.25, -0.2) is 0 Å². The molecule has 1 aliphatic heterocycles. The minimum Gasteiger partial charge on any atom is -0.480 e. The highest BCUT2D eigenvalue weighted by molar-refractivity contribution is 6.00. The van der Waals surface area contributed by atoms with Crippen molar-refractivity contribution in [2.24, 2.45) is 0 Å². The minimum atomic E-state index is -1.03. The lowest BCUT2D eigenvalue weighted by Gasteiger charge is -2.33. The zero-order valence-corrected chi connectivity index (χ0v) is 8.77. The van der Waals surface area contributed by atoms with Crippen molar-refractivity contribution in [3.05, 3.63) is 0 Å². The van der Waals surface area contributed by atoms with Crippen LogP contribution in [0, 0.1) is 0 Å². The molecule has 0 radical (unpaired) electrons. The Balaban J connectivity index is 2.67. The quantitative estimate of drug-likeness (QED) is 0.619. The van der Waals surface area contributed by atoms with E-state index in [0.717, 1.165) is 0 Å². The molecule has 0 unspecified atom stereocenters. The van der Waals surface area contributed by atoms with Crippen molar-refractivity contribution >= 4 is 17.8 Å². The Labute approximate surface area is 87.5 Å². The standard InChI is InChI=1S/C9H14N2O4/c1-6(2)11-7(12)3-10(4-8(11)13)5-9(14)15/h6H,3-5H2,1-2H3,(H,14,15). The van der Waals surface area contributed by atoms with E-state index in [1.54, 1.807) is 13.8 Å². The van der Waals surface area contributed by atoms with Gasteiger partial charge in [0.05, 0.1) is 19.6 Å². The number of carbonyl (C=O) groups is 3. The van der Waals surface area contributed by atoms with Gasteiger partial charge in [0.1, 0.15) is 0 Å². The molecule has 0 aromatic heterocycles. The fourth-order valence-electron chi connectivity index (χ4n) is 1.61. The van der Waals surface area contributed by atoms with Gasteiger partial charge in [-0.2, -0.15) is 0 Å². The van der Waals surface area contributed by atoms with Crippen LogP contribution in [0.4, 0.5) is 0 Å². The topological polar surface area (TPSA) is 77.9 Å². The Kier molecular flexibility index (Phi) is 3.41. The molecule has 2 amide bonds. The van der Waals surface area contributed by atoms with Gasteiger partial charge < -0.3 is 5.11 Å². The largest absolute Gasteiger partial charge is 0.480 e. The molecular formula is C9H14N2O4. The van der Waals surface area contributed by atoms with Crippen LogP contribution in [0.5, 0.6) is 0 Å². The number of amides is 2. The average molecular weight is 214 g/mol. The van der Waals surface area contributed by atoms with Crippen LogP contribution < -0.4 is 0 Å². The SMILES string of the molecule is CC(C)N1C(=O)CN(CC(=O)O)CC1=O. The highest BCUT2D eigenvalue weighted by Gasteiger charge is 2.33. The Morgan fingerprint density at radius 3 is 2.13 bits per heavy atom. The highest BCUT2D eigenvalue weighted by atomic mass is 16.4. The zero-order valence-electron chi connectivity index (χ0n) is 8.77. The van der Waals surface area contributed by atoms with Crippen LogP contribution in [0.1, 0.15) is 13.8 Å². The maximum atomic E-state index is 11.5. The molecule has 1 aliphatic rings. The van der Waals surface area contributed by atoms with Gasteiger partial charge in [-0.15, -0.1) is 0 Å². The second-order valence-electron chi connectivity index (χ2n) is 3.79. The first-order chi connectivity index (χ1) is 6.91. The number of carbonyl (C=O) groups excluding carboxylic acids is 2. The van der Waals surface area contributed by atoms with Crippen molar-refractivity contribution in [3.63, 3.8) is 0 Å². The van der Waals surface area contributed by atoms with E-state index in [2.05, 4.69) is 0 Å².